The first-order chi connectivity index (χ1) is 11.1. The van der Waals surface area contributed by atoms with Gasteiger partial charge in [-0.05, 0) is 30.7 Å². The molecule has 0 unspecified atom stereocenters. The molecule has 0 saturated heterocycles. The van der Waals surface area contributed by atoms with Gasteiger partial charge in [0, 0.05) is 29.2 Å². The smallest absolute Gasteiger partial charge is 0.307 e. The van der Waals surface area contributed by atoms with Crippen molar-refractivity contribution in [3.05, 3.63) is 69.0 Å². The number of aryl methyl sites for hydroxylation is 1. The normalized spacial score (nSPS) is 10.7. The van der Waals surface area contributed by atoms with Gasteiger partial charge in [0.15, 0.2) is 0 Å². The average Bonchev–Trinajstić information content (AvgIpc) is 3.13. The second-order valence-electron chi connectivity index (χ2n) is 5.18. The predicted molar refractivity (Wildman–Crippen MR) is 89.7 cm³/mol. The van der Waals surface area contributed by atoms with Crippen LogP contribution in [0.15, 0.2) is 52.9 Å². The molecule has 118 valence electrons. The van der Waals surface area contributed by atoms with Crippen molar-refractivity contribution >= 4 is 22.9 Å². The van der Waals surface area contributed by atoms with Gasteiger partial charge in [-0.3, -0.25) is 18.8 Å². The van der Waals surface area contributed by atoms with Gasteiger partial charge < -0.3 is 5.32 Å². The van der Waals surface area contributed by atoms with Gasteiger partial charge in [0.25, 0.3) is 0 Å². The van der Waals surface area contributed by atoms with E-state index in [1.807, 2.05) is 48.1 Å². The van der Waals surface area contributed by atoms with Gasteiger partial charge in [-0.2, -0.15) is 5.10 Å². The van der Waals surface area contributed by atoms with Crippen molar-refractivity contribution in [2.24, 2.45) is 0 Å². The molecule has 0 aliphatic heterocycles. The molecule has 0 bridgehead atoms. The molecule has 0 atom stereocenters. The molecule has 2 heterocycles. The highest BCUT2D eigenvalue weighted by Crippen LogP contribution is 2.12. The zero-order valence-electron chi connectivity index (χ0n) is 12.6. The van der Waals surface area contributed by atoms with E-state index in [9.17, 15) is 9.59 Å². The maximum absolute atomic E-state index is 12.1. The molecule has 6 nitrogen and oxygen atoms in total. The van der Waals surface area contributed by atoms with E-state index < -0.39 is 0 Å². The van der Waals surface area contributed by atoms with Crippen molar-refractivity contribution in [3.8, 4) is 0 Å². The molecule has 2 aromatic heterocycles. The molecular weight excluding hydrogens is 312 g/mol. The summed E-state index contributed by atoms with van der Waals surface area (Å²) < 4.78 is 3.28. The SMILES string of the molecule is Cc1csc(=O)n1CC(=O)Nc1cccc(Cn2cccn2)c1. The van der Waals surface area contributed by atoms with Crippen LogP contribution in [0.25, 0.3) is 0 Å². The summed E-state index contributed by atoms with van der Waals surface area (Å²) >= 11 is 1.10. The number of hydrogen-bond donors (Lipinski definition) is 1. The fourth-order valence-electron chi connectivity index (χ4n) is 2.27. The van der Waals surface area contributed by atoms with E-state index in [1.54, 1.807) is 11.6 Å². The quantitative estimate of drug-likeness (QED) is 0.780. The van der Waals surface area contributed by atoms with Crippen LogP contribution in [0.1, 0.15) is 11.3 Å². The van der Waals surface area contributed by atoms with Crippen LogP contribution < -0.4 is 10.2 Å². The van der Waals surface area contributed by atoms with Crippen molar-refractivity contribution in [1.29, 1.82) is 0 Å². The summed E-state index contributed by atoms with van der Waals surface area (Å²) in [7, 11) is 0. The number of nitrogens with one attached hydrogen (secondary N) is 1. The van der Waals surface area contributed by atoms with Crippen LogP contribution >= 0.6 is 11.3 Å². The van der Waals surface area contributed by atoms with E-state index in [4.69, 9.17) is 0 Å². The zero-order chi connectivity index (χ0) is 16.2. The maximum atomic E-state index is 12.1. The van der Waals surface area contributed by atoms with Gasteiger partial charge >= 0.3 is 4.87 Å². The zero-order valence-corrected chi connectivity index (χ0v) is 13.4. The number of thiazole rings is 1. The minimum atomic E-state index is -0.218. The van der Waals surface area contributed by atoms with Crippen LogP contribution in [0.3, 0.4) is 0 Å². The number of nitrogens with zero attached hydrogens (tertiary/aromatic N) is 3. The molecule has 0 saturated carbocycles. The Bertz CT molecular complexity index is 864. The monoisotopic (exact) mass is 328 g/mol. The Kier molecular flexibility index (Phi) is 4.38. The van der Waals surface area contributed by atoms with E-state index >= 15 is 0 Å². The van der Waals surface area contributed by atoms with E-state index in [0.717, 1.165) is 22.6 Å². The van der Waals surface area contributed by atoms with Crippen LogP contribution in [-0.2, 0) is 17.9 Å². The predicted octanol–water partition coefficient (Wildman–Crippen LogP) is 2.10. The Morgan fingerprint density at radius 2 is 2.22 bits per heavy atom. The Hall–Kier alpha value is -2.67. The van der Waals surface area contributed by atoms with Crippen LogP contribution in [0.4, 0.5) is 5.69 Å². The third-order valence-electron chi connectivity index (χ3n) is 3.39. The molecule has 23 heavy (non-hydrogen) atoms. The lowest BCUT2D eigenvalue weighted by atomic mass is 10.2. The molecule has 0 fully saturated rings. The number of hydrogen-bond acceptors (Lipinski definition) is 4. The van der Waals surface area contributed by atoms with Crippen molar-refractivity contribution < 1.29 is 4.79 Å². The number of carbonyl (C=O) groups excluding carboxylic acids is 1. The first-order valence-corrected chi connectivity index (χ1v) is 8.01. The minimum Gasteiger partial charge on any atom is -0.325 e. The minimum absolute atomic E-state index is 0.0253. The molecule has 1 N–H and O–H groups in total. The lowest BCUT2D eigenvalue weighted by Crippen LogP contribution is -2.25. The lowest BCUT2D eigenvalue weighted by Gasteiger charge is -2.09. The molecular formula is C16H16N4O2S. The number of amides is 1. The third kappa shape index (κ3) is 3.75. The van der Waals surface area contributed by atoms with Crippen LogP contribution in [-0.4, -0.2) is 20.3 Å². The highest BCUT2D eigenvalue weighted by Gasteiger charge is 2.09. The van der Waals surface area contributed by atoms with Gasteiger partial charge in [-0.1, -0.05) is 23.5 Å². The van der Waals surface area contributed by atoms with Gasteiger partial charge in [0.05, 0.1) is 6.54 Å². The highest BCUT2D eigenvalue weighted by molar-refractivity contribution is 7.07. The summed E-state index contributed by atoms with van der Waals surface area (Å²) in [6.07, 6.45) is 3.61. The highest BCUT2D eigenvalue weighted by atomic mass is 32.1. The first kappa shape index (κ1) is 15.2. The number of anilines is 1. The van der Waals surface area contributed by atoms with Crippen molar-refractivity contribution in [3.63, 3.8) is 0 Å². The lowest BCUT2D eigenvalue weighted by molar-refractivity contribution is -0.116. The molecule has 0 spiro atoms. The third-order valence-corrected chi connectivity index (χ3v) is 4.27. The van der Waals surface area contributed by atoms with Crippen LogP contribution in [0.2, 0.25) is 0 Å². The Balaban J connectivity index is 1.68. The Morgan fingerprint density at radius 3 is 2.91 bits per heavy atom. The summed E-state index contributed by atoms with van der Waals surface area (Å²) in [6.45, 7) is 2.48. The maximum Gasteiger partial charge on any atom is 0.307 e. The second-order valence-corrected chi connectivity index (χ2v) is 6.00. The Labute approximate surface area is 137 Å². The standard InChI is InChI=1S/C16H16N4O2S/c1-12-11-23-16(22)20(12)10-15(21)18-14-5-2-4-13(8-14)9-19-7-3-6-17-19/h2-8,11H,9-10H2,1H3,(H,18,21). The van der Waals surface area contributed by atoms with E-state index in [0.29, 0.717) is 12.2 Å². The van der Waals surface area contributed by atoms with Gasteiger partial charge in [0.2, 0.25) is 5.91 Å². The van der Waals surface area contributed by atoms with Crippen molar-refractivity contribution in [2.75, 3.05) is 5.32 Å². The van der Waals surface area contributed by atoms with Crippen molar-refractivity contribution in [1.82, 2.24) is 14.3 Å². The van der Waals surface area contributed by atoms with Crippen molar-refractivity contribution in [2.45, 2.75) is 20.0 Å². The summed E-state index contributed by atoms with van der Waals surface area (Å²) in [5.74, 6) is -0.218. The molecule has 0 radical (unpaired) electrons. The molecule has 1 amide bonds. The van der Waals surface area contributed by atoms with Gasteiger partial charge in [0.1, 0.15) is 6.54 Å². The van der Waals surface area contributed by atoms with E-state index in [-0.39, 0.29) is 17.3 Å². The second kappa shape index (κ2) is 6.62. The summed E-state index contributed by atoms with van der Waals surface area (Å²) in [5, 5.41) is 8.75. The molecule has 0 aliphatic rings. The summed E-state index contributed by atoms with van der Waals surface area (Å²) in [4.78, 5) is 23.7. The number of carbonyl (C=O) groups is 1. The number of rotatable bonds is 5. The van der Waals surface area contributed by atoms with E-state index in [1.165, 1.54) is 4.57 Å². The molecule has 3 aromatic rings. The topological polar surface area (TPSA) is 68.9 Å². The van der Waals surface area contributed by atoms with E-state index in [2.05, 4.69) is 10.4 Å². The van der Waals surface area contributed by atoms with Crippen LogP contribution in [0, 0.1) is 6.92 Å². The fraction of sp³-hybridized carbons (Fsp3) is 0.188. The fourth-order valence-corrected chi connectivity index (χ4v) is 3.00. The number of benzene rings is 1. The molecule has 0 aliphatic carbocycles. The van der Waals surface area contributed by atoms with Gasteiger partial charge in [-0.15, -0.1) is 0 Å². The largest absolute Gasteiger partial charge is 0.325 e. The van der Waals surface area contributed by atoms with Gasteiger partial charge in [-0.25, -0.2) is 0 Å². The number of aromatic nitrogens is 3. The molecule has 3 rings (SSSR count). The first-order valence-electron chi connectivity index (χ1n) is 7.13. The summed E-state index contributed by atoms with van der Waals surface area (Å²) in [5.41, 5.74) is 2.54. The average molecular weight is 328 g/mol. The summed E-state index contributed by atoms with van der Waals surface area (Å²) in [6, 6.07) is 9.46. The molecule has 7 heteroatoms. The Morgan fingerprint density at radius 1 is 1.35 bits per heavy atom. The molecule has 1 aromatic carbocycles. The van der Waals surface area contributed by atoms with Crippen LogP contribution in [0.5, 0.6) is 0 Å².